The van der Waals surface area contributed by atoms with Gasteiger partial charge in [0.2, 0.25) is 5.16 Å². The van der Waals surface area contributed by atoms with Gasteiger partial charge in [-0.1, -0.05) is 54.9 Å². The van der Waals surface area contributed by atoms with E-state index in [0.717, 1.165) is 17.3 Å². The Kier molecular flexibility index (Phi) is 4.13. The van der Waals surface area contributed by atoms with Crippen molar-refractivity contribution < 1.29 is 0 Å². The molecule has 0 atom stereocenters. The predicted octanol–water partition coefficient (Wildman–Crippen LogP) is 3.12. The lowest BCUT2D eigenvalue weighted by molar-refractivity contribution is 0.423. The molecule has 0 radical (unpaired) electrons. The van der Waals surface area contributed by atoms with E-state index in [1.807, 2.05) is 4.68 Å². The first-order valence-electron chi connectivity index (χ1n) is 6.88. The zero-order chi connectivity index (χ0) is 12.9. The van der Waals surface area contributed by atoms with Crippen LogP contribution in [0, 0.1) is 0 Å². The molecule has 0 unspecified atom stereocenters. The Hall–Kier alpha value is -1.36. The first-order valence-corrected chi connectivity index (χ1v) is 7.86. The Morgan fingerprint density at radius 1 is 1.16 bits per heavy atom. The monoisotopic (exact) mass is 274 g/mol. The van der Waals surface area contributed by atoms with E-state index in [4.69, 9.17) is 0 Å². The highest BCUT2D eigenvalue weighted by atomic mass is 32.2. The highest BCUT2D eigenvalue weighted by Crippen LogP contribution is 2.31. The average molecular weight is 274 g/mol. The smallest absolute Gasteiger partial charge is 0.209 e. The molecule has 2 aromatic rings. The van der Waals surface area contributed by atoms with Gasteiger partial charge in [-0.15, -0.1) is 5.10 Å². The van der Waals surface area contributed by atoms with Crippen LogP contribution in [0.25, 0.3) is 0 Å². The molecule has 1 aromatic carbocycles. The summed E-state index contributed by atoms with van der Waals surface area (Å²) in [6.45, 7) is 0. The van der Waals surface area contributed by atoms with Crippen LogP contribution in [0.4, 0.5) is 0 Å². The number of rotatable bonds is 5. The predicted molar refractivity (Wildman–Crippen MR) is 76.2 cm³/mol. The topological polar surface area (TPSA) is 43.6 Å². The van der Waals surface area contributed by atoms with E-state index in [-0.39, 0.29) is 0 Å². The molecule has 0 N–H and O–H groups in total. The summed E-state index contributed by atoms with van der Waals surface area (Å²) in [5, 5.41) is 13.1. The standard InChI is InChI=1S/C14H18N4S/c1-2-6-12(7-3-1)10-11-19-14-15-16-17-18(14)13-8-4-5-9-13/h1-3,6-7,13H,4-5,8-11H2. The van der Waals surface area contributed by atoms with Gasteiger partial charge in [0.05, 0.1) is 6.04 Å². The summed E-state index contributed by atoms with van der Waals surface area (Å²) < 4.78 is 2.03. The van der Waals surface area contributed by atoms with E-state index in [1.54, 1.807) is 11.8 Å². The van der Waals surface area contributed by atoms with Crippen LogP contribution in [-0.4, -0.2) is 26.0 Å². The zero-order valence-electron chi connectivity index (χ0n) is 10.9. The van der Waals surface area contributed by atoms with Crippen molar-refractivity contribution in [3.63, 3.8) is 0 Å². The molecule has 19 heavy (non-hydrogen) atoms. The molecule has 0 bridgehead atoms. The zero-order valence-corrected chi connectivity index (χ0v) is 11.7. The lowest BCUT2D eigenvalue weighted by Gasteiger charge is -2.10. The van der Waals surface area contributed by atoms with Gasteiger partial charge in [-0.05, 0) is 35.3 Å². The Bertz CT molecular complexity index is 505. The molecule has 1 heterocycles. The number of aromatic nitrogens is 4. The fraction of sp³-hybridized carbons (Fsp3) is 0.500. The molecular formula is C14H18N4S. The number of thioether (sulfide) groups is 1. The Balaban J connectivity index is 1.57. The molecule has 0 spiro atoms. The fourth-order valence-electron chi connectivity index (χ4n) is 2.56. The summed E-state index contributed by atoms with van der Waals surface area (Å²) in [4.78, 5) is 0. The van der Waals surface area contributed by atoms with Crippen molar-refractivity contribution in [3.05, 3.63) is 35.9 Å². The molecule has 0 aliphatic heterocycles. The lowest BCUT2D eigenvalue weighted by atomic mass is 10.2. The van der Waals surface area contributed by atoms with E-state index in [9.17, 15) is 0 Å². The van der Waals surface area contributed by atoms with Gasteiger partial charge < -0.3 is 0 Å². The van der Waals surface area contributed by atoms with Crippen molar-refractivity contribution in [3.8, 4) is 0 Å². The van der Waals surface area contributed by atoms with Gasteiger partial charge in [-0.3, -0.25) is 0 Å². The number of nitrogens with zero attached hydrogens (tertiary/aromatic N) is 4. The SMILES string of the molecule is c1ccc(CCSc2nnnn2C2CCCC2)cc1. The maximum atomic E-state index is 4.16. The highest BCUT2D eigenvalue weighted by Gasteiger charge is 2.21. The summed E-state index contributed by atoms with van der Waals surface area (Å²) in [6, 6.07) is 11.1. The van der Waals surface area contributed by atoms with Gasteiger partial charge in [0.25, 0.3) is 0 Å². The maximum Gasteiger partial charge on any atom is 0.209 e. The van der Waals surface area contributed by atoms with E-state index < -0.39 is 0 Å². The van der Waals surface area contributed by atoms with Crippen LogP contribution in [0.15, 0.2) is 35.5 Å². The Morgan fingerprint density at radius 2 is 1.95 bits per heavy atom. The van der Waals surface area contributed by atoms with Crippen molar-refractivity contribution in [2.45, 2.75) is 43.3 Å². The summed E-state index contributed by atoms with van der Waals surface area (Å²) >= 11 is 1.76. The first kappa shape index (κ1) is 12.7. The van der Waals surface area contributed by atoms with Gasteiger partial charge in [0.1, 0.15) is 0 Å². The van der Waals surface area contributed by atoms with E-state index in [0.29, 0.717) is 6.04 Å². The third-order valence-corrected chi connectivity index (χ3v) is 4.53. The molecule has 1 aromatic heterocycles. The third-order valence-electron chi connectivity index (χ3n) is 3.60. The van der Waals surface area contributed by atoms with E-state index in [2.05, 4.69) is 45.9 Å². The summed E-state index contributed by atoms with van der Waals surface area (Å²) in [5.74, 6) is 1.02. The van der Waals surface area contributed by atoms with Crippen LogP contribution >= 0.6 is 11.8 Å². The van der Waals surface area contributed by atoms with Crippen molar-refractivity contribution in [2.75, 3.05) is 5.75 Å². The van der Waals surface area contributed by atoms with Crippen LogP contribution < -0.4 is 0 Å². The molecule has 0 amide bonds. The summed E-state index contributed by atoms with van der Waals surface area (Å²) in [7, 11) is 0. The lowest BCUT2D eigenvalue weighted by Crippen LogP contribution is -2.08. The second kappa shape index (κ2) is 6.19. The maximum absolute atomic E-state index is 4.16. The number of hydrogen-bond donors (Lipinski definition) is 0. The molecule has 1 fully saturated rings. The van der Waals surface area contributed by atoms with Crippen LogP contribution in [0.3, 0.4) is 0 Å². The third kappa shape index (κ3) is 3.15. The average Bonchev–Trinajstić information content (AvgIpc) is 3.10. The fourth-order valence-corrected chi connectivity index (χ4v) is 3.50. The van der Waals surface area contributed by atoms with Crippen LogP contribution in [0.5, 0.6) is 0 Å². The molecule has 100 valence electrons. The molecule has 1 saturated carbocycles. The molecule has 5 heteroatoms. The minimum atomic E-state index is 0.522. The molecule has 0 saturated heterocycles. The first-order chi connectivity index (χ1) is 9.43. The van der Waals surface area contributed by atoms with E-state index >= 15 is 0 Å². The van der Waals surface area contributed by atoms with Gasteiger partial charge in [0.15, 0.2) is 0 Å². The van der Waals surface area contributed by atoms with Crippen molar-refractivity contribution in [1.29, 1.82) is 0 Å². The molecule has 4 nitrogen and oxygen atoms in total. The minimum Gasteiger partial charge on any atom is -0.217 e. The minimum absolute atomic E-state index is 0.522. The Morgan fingerprint density at radius 3 is 2.74 bits per heavy atom. The van der Waals surface area contributed by atoms with Crippen LogP contribution in [0.1, 0.15) is 37.3 Å². The largest absolute Gasteiger partial charge is 0.217 e. The second-order valence-corrected chi connectivity index (χ2v) is 5.99. The molecular weight excluding hydrogens is 256 g/mol. The van der Waals surface area contributed by atoms with Crippen molar-refractivity contribution in [2.24, 2.45) is 0 Å². The second-order valence-electron chi connectivity index (χ2n) is 4.93. The highest BCUT2D eigenvalue weighted by molar-refractivity contribution is 7.99. The quantitative estimate of drug-likeness (QED) is 0.786. The number of hydrogen-bond acceptors (Lipinski definition) is 4. The van der Waals surface area contributed by atoms with Crippen LogP contribution in [-0.2, 0) is 6.42 Å². The van der Waals surface area contributed by atoms with Gasteiger partial charge >= 0.3 is 0 Å². The van der Waals surface area contributed by atoms with Crippen molar-refractivity contribution in [1.82, 2.24) is 20.2 Å². The normalized spacial score (nSPS) is 16.0. The molecule has 1 aliphatic rings. The number of aryl methyl sites for hydroxylation is 1. The molecule has 1 aliphatic carbocycles. The Labute approximate surface area is 117 Å². The number of tetrazole rings is 1. The van der Waals surface area contributed by atoms with Gasteiger partial charge in [-0.2, -0.15) is 0 Å². The van der Waals surface area contributed by atoms with Gasteiger partial charge in [-0.25, -0.2) is 4.68 Å². The van der Waals surface area contributed by atoms with Crippen LogP contribution in [0.2, 0.25) is 0 Å². The number of benzene rings is 1. The van der Waals surface area contributed by atoms with Crippen molar-refractivity contribution >= 4 is 11.8 Å². The van der Waals surface area contributed by atoms with Gasteiger partial charge in [0, 0.05) is 5.75 Å². The van der Waals surface area contributed by atoms with E-state index in [1.165, 1.54) is 31.2 Å². The summed E-state index contributed by atoms with van der Waals surface area (Å²) in [6.07, 6.45) is 6.11. The molecule has 3 rings (SSSR count). The summed E-state index contributed by atoms with van der Waals surface area (Å²) in [5.41, 5.74) is 1.37.